The van der Waals surface area contributed by atoms with Crippen molar-refractivity contribution >= 4 is 28.8 Å². The summed E-state index contributed by atoms with van der Waals surface area (Å²) in [6.07, 6.45) is 1.14. The number of allylic oxidation sites excluding steroid dienone is 1. The maximum Gasteiger partial charge on any atom is 0.163 e. The maximum absolute atomic E-state index is 14.7. The van der Waals surface area contributed by atoms with Crippen LogP contribution < -0.4 is 10.6 Å². The van der Waals surface area contributed by atoms with Gasteiger partial charge in [0.15, 0.2) is 5.78 Å². The van der Waals surface area contributed by atoms with Gasteiger partial charge in [0, 0.05) is 28.3 Å². The second kappa shape index (κ2) is 6.13. The number of anilines is 2. The Labute approximate surface area is 157 Å². The van der Waals surface area contributed by atoms with Crippen molar-refractivity contribution in [2.75, 3.05) is 10.6 Å². The minimum Gasteiger partial charge on any atom is -0.372 e. The molecule has 0 bridgehead atoms. The first kappa shape index (κ1) is 17.1. The number of carbonyl (C=O) groups is 1. The van der Waals surface area contributed by atoms with Gasteiger partial charge < -0.3 is 10.6 Å². The molecule has 2 aromatic carbocycles. The summed E-state index contributed by atoms with van der Waals surface area (Å²) in [7, 11) is 0. The summed E-state index contributed by atoms with van der Waals surface area (Å²) in [6.45, 7) is 4.15. The summed E-state index contributed by atoms with van der Waals surface area (Å²) < 4.78 is 14.7. The lowest BCUT2D eigenvalue weighted by atomic mass is 9.73. The number of rotatable bonds is 1. The van der Waals surface area contributed by atoms with E-state index in [0.717, 1.165) is 17.1 Å². The van der Waals surface area contributed by atoms with Gasteiger partial charge >= 0.3 is 0 Å². The minimum absolute atomic E-state index is 0.0216. The van der Waals surface area contributed by atoms with Crippen molar-refractivity contribution in [3.8, 4) is 0 Å². The summed E-state index contributed by atoms with van der Waals surface area (Å²) in [5.41, 5.74) is 3.28. The molecule has 0 saturated carbocycles. The van der Waals surface area contributed by atoms with Crippen molar-refractivity contribution < 1.29 is 9.18 Å². The molecule has 4 rings (SSSR count). The topological polar surface area (TPSA) is 41.1 Å². The first-order chi connectivity index (χ1) is 12.4. The van der Waals surface area contributed by atoms with E-state index in [1.54, 1.807) is 12.1 Å². The molecule has 0 amide bonds. The van der Waals surface area contributed by atoms with Crippen LogP contribution in [0.3, 0.4) is 0 Å². The highest BCUT2D eigenvalue weighted by Crippen LogP contribution is 2.46. The van der Waals surface area contributed by atoms with Crippen LogP contribution in [0.1, 0.15) is 38.3 Å². The first-order valence-corrected chi connectivity index (χ1v) is 9.06. The van der Waals surface area contributed by atoms with Crippen molar-refractivity contribution in [1.29, 1.82) is 0 Å². The summed E-state index contributed by atoms with van der Waals surface area (Å²) in [5, 5.41) is 7.08. The lowest BCUT2D eigenvalue weighted by Gasteiger charge is -2.34. The average molecular weight is 371 g/mol. The van der Waals surface area contributed by atoms with E-state index in [4.69, 9.17) is 11.6 Å². The Morgan fingerprint density at radius 3 is 2.54 bits per heavy atom. The van der Waals surface area contributed by atoms with E-state index in [2.05, 4.69) is 24.5 Å². The molecule has 0 unspecified atom stereocenters. The van der Waals surface area contributed by atoms with Crippen molar-refractivity contribution in [3.63, 3.8) is 0 Å². The number of ketones is 1. The smallest absolute Gasteiger partial charge is 0.163 e. The molecule has 1 atom stereocenters. The number of hydrogen-bond acceptors (Lipinski definition) is 3. The van der Waals surface area contributed by atoms with Crippen LogP contribution in [0.2, 0.25) is 5.02 Å². The number of halogens is 2. The summed E-state index contributed by atoms with van der Waals surface area (Å²) in [5.74, 6) is -0.396. The Morgan fingerprint density at radius 2 is 1.81 bits per heavy atom. The van der Waals surface area contributed by atoms with Gasteiger partial charge in [0.05, 0.1) is 17.4 Å². The lowest BCUT2D eigenvalue weighted by Crippen LogP contribution is -2.31. The molecular formula is C21H20ClFN2O. The van der Waals surface area contributed by atoms with E-state index in [1.165, 1.54) is 6.07 Å². The number of fused-ring (bicyclic) bond motifs is 1. The first-order valence-electron chi connectivity index (χ1n) is 8.68. The molecule has 2 N–H and O–H groups in total. The molecule has 5 heteroatoms. The van der Waals surface area contributed by atoms with Crippen molar-refractivity contribution in [2.24, 2.45) is 5.41 Å². The fourth-order valence-corrected chi connectivity index (χ4v) is 4.16. The Bertz CT molecular complexity index is 915. The third-order valence-electron chi connectivity index (χ3n) is 5.01. The van der Waals surface area contributed by atoms with Gasteiger partial charge in [-0.2, -0.15) is 0 Å². The van der Waals surface area contributed by atoms with E-state index < -0.39 is 11.9 Å². The van der Waals surface area contributed by atoms with Gasteiger partial charge in [-0.15, -0.1) is 0 Å². The molecule has 0 spiro atoms. The Balaban J connectivity index is 1.95. The molecule has 0 radical (unpaired) electrons. The highest BCUT2D eigenvalue weighted by Gasteiger charge is 2.39. The number of hydrogen-bond donors (Lipinski definition) is 2. The van der Waals surface area contributed by atoms with E-state index in [1.807, 2.05) is 24.3 Å². The fraction of sp³-hybridized carbons (Fsp3) is 0.286. The molecule has 0 saturated heterocycles. The van der Waals surface area contributed by atoms with E-state index in [-0.39, 0.29) is 11.2 Å². The predicted octanol–water partition coefficient (Wildman–Crippen LogP) is 5.70. The molecule has 2 aliphatic rings. The van der Waals surface area contributed by atoms with Crippen LogP contribution in [0.15, 0.2) is 53.7 Å². The van der Waals surface area contributed by atoms with Gasteiger partial charge in [0.25, 0.3) is 0 Å². The van der Waals surface area contributed by atoms with Crippen LogP contribution >= 0.6 is 11.6 Å². The molecule has 2 aromatic rings. The van der Waals surface area contributed by atoms with Crippen LogP contribution in [0.5, 0.6) is 0 Å². The lowest BCUT2D eigenvalue weighted by molar-refractivity contribution is -0.118. The highest BCUT2D eigenvalue weighted by molar-refractivity contribution is 6.31. The fourth-order valence-electron chi connectivity index (χ4n) is 3.89. The second-order valence-corrected chi connectivity index (χ2v) is 8.12. The number of Topliss-reactive ketones (excluding diaryl/α,β-unsaturated/α-hetero) is 1. The van der Waals surface area contributed by atoms with Crippen LogP contribution in [0, 0.1) is 11.2 Å². The quantitative estimate of drug-likeness (QED) is 0.676. The Morgan fingerprint density at radius 1 is 1.08 bits per heavy atom. The molecule has 1 aliphatic carbocycles. The number of para-hydroxylation sites is 2. The molecular weight excluding hydrogens is 351 g/mol. The SMILES string of the molecule is CC1(C)CC(=O)C2=C(C1)Nc1ccccc1N[C@H]2c1c(F)cccc1Cl. The normalized spacial score (nSPS) is 21.2. The molecule has 1 heterocycles. The van der Waals surface area contributed by atoms with Gasteiger partial charge in [-0.25, -0.2) is 4.39 Å². The van der Waals surface area contributed by atoms with Crippen LogP contribution in [0.4, 0.5) is 15.8 Å². The zero-order valence-electron chi connectivity index (χ0n) is 14.7. The number of benzene rings is 2. The summed E-state index contributed by atoms with van der Waals surface area (Å²) in [4.78, 5) is 13.1. The zero-order chi connectivity index (χ0) is 18.5. The molecule has 26 heavy (non-hydrogen) atoms. The molecule has 1 aliphatic heterocycles. The van der Waals surface area contributed by atoms with Crippen molar-refractivity contribution in [3.05, 3.63) is 70.1 Å². The monoisotopic (exact) mass is 370 g/mol. The summed E-state index contributed by atoms with van der Waals surface area (Å²) in [6, 6.07) is 11.7. The summed E-state index contributed by atoms with van der Waals surface area (Å²) >= 11 is 6.34. The molecule has 3 nitrogen and oxygen atoms in total. The number of nitrogens with one attached hydrogen (secondary N) is 2. The molecule has 134 valence electrons. The zero-order valence-corrected chi connectivity index (χ0v) is 15.5. The van der Waals surface area contributed by atoms with Gasteiger partial charge in [0.2, 0.25) is 0 Å². The molecule has 0 aromatic heterocycles. The predicted molar refractivity (Wildman–Crippen MR) is 103 cm³/mol. The van der Waals surface area contributed by atoms with Gasteiger partial charge in [-0.3, -0.25) is 4.79 Å². The Kier molecular flexibility index (Phi) is 4.03. The number of carbonyl (C=O) groups excluding carboxylic acids is 1. The standard InChI is InChI=1S/C21H20ClFN2O/c1-21(2)10-16-19(17(26)11-21)20(18-12(22)6-5-7-13(18)23)25-15-9-4-3-8-14(15)24-16/h3-9,20,24-25H,10-11H2,1-2H3/t20-/m0/s1. The Hall–Kier alpha value is -2.33. The largest absolute Gasteiger partial charge is 0.372 e. The molecule has 0 fully saturated rings. The van der Waals surface area contributed by atoms with E-state index >= 15 is 0 Å². The maximum atomic E-state index is 14.7. The highest BCUT2D eigenvalue weighted by atomic mass is 35.5. The van der Waals surface area contributed by atoms with Crippen molar-refractivity contribution in [2.45, 2.75) is 32.7 Å². The average Bonchev–Trinajstić information content (AvgIpc) is 2.70. The van der Waals surface area contributed by atoms with Gasteiger partial charge in [0.1, 0.15) is 5.82 Å². The third-order valence-corrected chi connectivity index (χ3v) is 5.34. The second-order valence-electron chi connectivity index (χ2n) is 7.72. The van der Waals surface area contributed by atoms with E-state index in [9.17, 15) is 9.18 Å². The van der Waals surface area contributed by atoms with Gasteiger partial charge in [-0.1, -0.05) is 43.6 Å². The van der Waals surface area contributed by atoms with Gasteiger partial charge in [-0.05, 0) is 36.1 Å². The minimum atomic E-state index is -0.626. The van der Waals surface area contributed by atoms with Crippen LogP contribution in [-0.4, -0.2) is 5.78 Å². The third kappa shape index (κ3) is 2.88. The van der Waals surface area contributed by atoms with Crippen molar-refractivity contribution in [1.82, 2.24) is 0 Å². The van der Waals surface area contributed by atoms with E-state index in [0.29, 0.717) is 29.0 Å². The van der Waals surface area contributed by atoms with Crippen LogP contribution in [-0.2, 0) is 4.79 Å². The van der Waals surface area contributed by atoms with Crippen LogP contribution in [0.25, 0.3) is 0 Å².